The van der Waals surface area contributed by atoms with Crippen molar-refractivity contribution in [3.05, 3.63) is 18.0 Å². The quantitative estimate of drug-likeness (QED) is 0.877. The smallest absolute Gasteiger partial charge is 0.223 e. The van der Waals surface area contributed by atoms with E-state index in [-0.39, 0.29) is 24.0 Å². The van der Waals surface area contributed by atoms with E-state index < -0.39 is 0 Å². The van der Waals surface area contributed by atoms with Crippen molar-refractivity contribution >= 4 is 5.91 Å². The number of aromatic nitrogens is 2. The highest BCUT2D eigenvalue weighted by molar-refractivity contribution is 5.79. The summed E-state index contributed by atoms with van der Waals surface area (Å²) >= 11 is 0. The molecule has 1 unspecified atom stereocenters. The summed E-state index contributed by atoms with van der Waals surface area (Å²) in [5.41, 5.74) is 1.05. The number of aliphatic hydroxyl groups is 1. The van der Waals surface area contributed by atoms with E-state index >= 15 is 0 Å². The van der Waals surface area contributed by atoms with Crippen LogP contribution in [-0.4, -0.2) is 26.9 Å². The summed E-state index contributed by atoms with van der Waals surface area (Å²) in [6, 6.07) is 0.000185. The number of hydrogen-bond acceptors (Lipinski definition) is 3. The topological polar surface area (TPSA) is 67.2 Å². The number of hydrogen-bond donors (Lipinski definition) is 2. The number of aliphatic hydroxyl groups excluding tert-OH is 1. The Hall–Kier alpha value is -1.36. The van der Waals surface area contributed by atoms with Crippen molar-refractivity contribution in [2.45, 2.75) is 50.7 Å². The molecule has 110 valence electrons. The second kappa shape index (κ2) is 5.56. The van der Waals surface area contributed by atoms with Crippen LogP contribution < -0.4 is 5.32 Å². The van der Waals surface area contributed by atoms with Gasteiger partial charge in [0.1, 0.15) is 0 Å². The molecule has 20 heavy (non-hydrogen) atoms. The summed E-state index contributed by atoms with van der Waals surface area (Å²) in [4.78, 5) is 12.4. The van der Waals surface area contributed by atoms with Crippen LogP contribution in [0.2, 0.25) is 0 Å². The molecule has 1 atom stereocenters. The first kappa shape index (κ1) is 13.6. The van der Waals surface area contributed by atoms with Crippen molar-refractivity contribution < 1.29 is 9.90 Å². The van der Waals surface area contributed by atoms with Gasteiger partial charge in [-0.1, -0.05) is 12.8 Å². The van der Waals surface area contributed by atoms with Crippen LogP contribution in [0.5, 0.6) is 0 Å². The van der Waals surface area contributed by atoms with Crippen LogP contribution in [0.1, 0.15) is 50.1 Å². The van der Waals surface area contributed by atoms with Crippen LogP contribution in [0.25, 0.3) is 0 Å². The largest absolute Gasteiger partial charge is 0.393 e. The van der Waals surface area contributed by atoms with E-state index in [1.807, 2.05) is 19.4 Å². The molecule has 0 bridgehead atoms. The zero-order chi connectivity index (χ0) is 14.1. The van der Waals surface area contributed by atoms with E-state index in [1.54, 1.807) is 4.68 Å². The van der Waals surface area contributed by atoms with Gasteiger partial charge in [-0.15, -0.1) is 0 Å². The molecule has 2 fully saturated rings. The number of nitrogens with one attached hydrogen (secondary N) is 1. The zero-order valence-corrected chi connectivity index (χ0v) is 12.0. The molecule has 2 N–H and O–H groups in total. The zero-order valence-electron chi connectivity index (χ0n) is 12.0. The Balaban J connectivity index is 1.70. The maximum Gasteiger partial charge on any atom is 0.223 e. The van der Waals surface area contributed by atoms with E-state index in [2.05, 4.69) is 10.4 Å². The highest BCUT2D eigenvalue weighted by atomic mass is 16.3. The molecular formula is C15H23N3O2. The Morgan fingerprint density at radius 2 is 2.15 bits per heavy atom. The van der Waals surface area contributed by atoms with Gasteiger partial charge in [-0.25, -0.2) is 0 Å². The Morgan fingerprint density at radius 1 is 1.45 bits per heavy atom. The average molecular weight is 277 g/mol. The third-order valence-corrected chi connectivity index (χ3v) is 4.73. The predicted molar refractivity (Wildman–Crippen MR) is 74.8 cm³/mol. The van der Waals surface area contributed by atoms with Gasteiger partial charge in [0.2, 0.25) is 5.91 Å². The van der Waals surface area contributed by atoms with Crippen LogP contribution in [0.4, 0.5) is 0 Å². The first-order valence-electron chi connectivity index (χ1n) is 7.60. The summed E-state index contributed by atoms with van der Waals surface area (Å²) in [6.45, 7) is 0. The Kier molecular flexibility index (Phi) is 3.78. The first-order valence-corrected chi connectivity index (χ1v) is 7.60. The van der Waals surface area contributed by atoms with E-state index in [0.29, 0.717) is 5.92 Å². The van der Waals surface area contributed by atoms with Crippen molar-refractivity contribution in [1.82, 2.24) is 15.1 Å². The standard InChI is InChI=1S/C15H23N3O2/c1-18-9-12(8-16-18)14(11-6-13(19)7-11)17-15(20)10-4-2-3-5-10/h8-11,13-14,19H,2-7H2,1H3,(H,17,20). The minimum atomic E-state index is -0.206. The molecular weight excluding hydrogens is 254 g/mol. The van der Waals surface area contributed by atoms with Crippen molar-refractivity contribution in [2.24, 2.45) is 18.9 Å². The molecule has 0 spiro atoms. The van der Waals surface area contributed by atoms with Crippen LogP contribution in [0, 0.1) is 11.8 Å². The summed E-state index contributed by atoms with van der Waals surface area (Å²) in [6.07, 6.45) is 9.47. The molecule has 2 aliphatic rings. The van der Waals surface area contributed by atoms with E-state index in [9.17, 15) is 9.90 Å². The van der Waals surface area contributed by atoms with Gasteiger partial charge in [0.25, 0.3) is 0 Å². The second-order valence-electron chi connectivity index (χ2n) is 6.30. The molecule has 2 saturated carbocycles. The summed E-state index contributed by atoms with van der Waals surface area (Å²) in [5.74, 6) is 0.691. The van der Waals surface area contributed by atoms with Gasteiger partial charge in [0, 0.05) is 24.7 Å². The lowest BCUT2D eigenvalue weighted by Gasteiger charge is -2.38. The number of aryl methyl sites for hydroxylation is 1. The predicted octanol–water partition coefficient (Wildman–Crippen LogP) is 1.54. The summed E-state index contributed by atoms with van der Waals surface area (Å²) in [5, 5.41) is 16.9. The van der Waals surface area contributed by atoms with E-state index in [0.717, 1.165) is 44.1 Å². The number of rotatable bonds is 4. The van der Waals surface area contributed by atoms with Crippen molar-refractivity contribution in [1.29, 1.82) is 0 Å². The molecule has 2 aliphatic carbocycles. The van der Waals surface area contributed by atoms with Gasteiger partial charge in [-0.05, 0) is 31.6 Å². The lowest BCUT2D eigenvalue weighted by Crippen LogP contribution is -2.42. The summed E-state index contributed by atoms with van der Waals surface area (Å²) in [7, 11) is 1.88. The fourth-order valence-electron chi connectivity index (χ4n) is 3.44. The minimum absolute atomic E-state index is 0.000185. The number of carbonyl (C=O) groups is 1. The van der Waals surface area contributed by atoms with Gasteiger partial charge >= 0.3 is 0 Å². The maximum atomic E-state index is 12.4. The van der Waals surface area contributed by atoms with Crippen molar-refractivity contribution in [3.63, 3.8) is 0 Å². The van der Waals surface area contributed by atoms with Crippen molar-refractivity contribution in [2.75, 3.05) is 0 Å². The SMILES string of the molecule is Cn1cc(C(NC(=O)C2CCCC2)C2CC(O)C2)cn1. The number of carbonyl (C=O) groups excluding carboxylic acids is 1. The van der Waals surface area contributed by atoms with Gasteiger partial charge < -0.3 is 10.4 Å². The van der Waals surface area contributed by atoms with Crippen LogP contribution >= 0.6 is 0 Å². The molecule has 3 rings (SSSR count). The molecule has 0 saturated heterocycles. The molecule has 5 heteroatoms. The van der Waals surface area contributed by atoms with E-state index in [4.69, 9.17) is 0 Å². The van der Waals surface area contributed by atoms with Gasteiger partial charge in [0.15, 0.2) is 0 Å². The highest BCUT2D eigenvalue weighted by Gasteiger charge is 2.37. The molecule has 1 aromatic heterocycles. The van der Waals surface area contributed by atoms with Crippen molar-refractivity contribution in [3.8, 4) is 0 Å². The monoisotopic (exact) mass is 277 g/mol. The lowest BCUT2D eigenvalue weighted by molar-refractivity contribution is -0.126. The second-order valence-corrected chi connectivity index (χ2v) is 6.30. The fourth-order valence-corrected chi connectivity index (χ4v) is 3.44. The Morgan fingerprint density at radius 3 is 2.70 bits per heavy atom. The van der Waals surface area contributed by atoms with E-state index in [1.165, 1.54) is 0 Å². The molecule has 0 radical (unpaired) electrons. The number of amides is 1. The summed E-state index contributed by atoms with van der Waals surface area (Å²) < 4.78 is 1.76. The number of nitrogens with zero attached hydrogens (tertiary/aromatic N) is 2. The fraction of sp³-hybridized carbons (Fsp3) is 0.733. The third-order valence-electron chi connectivity index (χ3n) is 4.73. The molecule has 0 aliphatic heterocycles. The third kappa shape index (κ3) is 2.73. The van der Waals surface area contributed by atoms with Gasteiger partial charge in [-0.3, -0.25) is 9.48 Å². The Bertz CT molecular complexity index is 473. The lowest BCUT2D eigenvalue weighted by atomic mass is 9.75. The molecule has 0 aromatic carbocycles. The van der Waals surface area contributed by atoms with Crippen LogP contribution in [0.3, 0.4) is 0 Å². The Labute approximate surface area is 119 Å². The van der Waals surface area contributed by atoms with Gasteiger partial charge in [-0.2, -0.15) is 5.10 Å². The van der Waals surface area contributed by atoms with Crippen LogP contribution in [0.15, 0.2) is 12.4 Å². The average Bonchev–Trinajstić information content (AvgIpc) is 3.03. The molecule has 1 aromatic rings. The molecule has 5 nitrogen and oxygen atoms in total. The normalized spacial score (nSPS) is 28.1. The highest BCUT2D eigenvalue weighted by Crippen LogP contribution is 2.38. The molecule has 1 heterocycles. The maximum absolute atomic E-state index is 12.4. The van der Waals surface area contributed by atoms with Crippen LogP contribution in [-0.2, 0) is 11.8 Å². The van der Waals surface area contributed by atoms with Gasteiger partial charge in [0.05, 0.1) is 18.3 Å². The minimum Gasteiger partial charge on any atom is -0.393 e. The molecule has 1 amide bonds. The first-order chi connectivity index (χ1) is 9.63.